The van der Waals surface area contributed by atoms with Gasteiger partial charge in [-0.05, 0) is 41.1 Å². The normalized spacial score (nSPS) is 11.3. The quantitative estimate of drug-likeness (QED) is 0.825. The molecule has 5 nitrogen and oxygen atoms in total. The molecule has 0 aliphatic carbocycles. The second-order valence-electron chi connectivity index (χ2n) is 6.28. The molecule has 23 heavy (non-hydrogen) atoms. The molecule has 1 heterocycles. The van der Waals surface area contributed by atoms with Crippen molar-refractivity contribution in [3.63, 3.8) is 0 Å². The molecular weight excluding hydrogens is 310 g/mol. The van der Waals surface area contributed by atoms with E-state index in [4.69, 9.17) is 4.74 Å². The van der Waals surface area contributed by atoms with Crippen LogP contribution in [0.25, 0.3) is 0 Å². The van der Waals surface area contributed by atoms with E-state index in [1.54, 1.807) is 0 Å². The number of aromatic nitrogens is 2. The molecule has 1 aromatic heterocycles. The highest BCUT2D eigenvalue weighted by Gasteiger charge is 2.14. The fourth-order valence-electron chi connectivity index (χ4n) is 2.08. The van der Waals surface area contributed by atoms with Crippen LogP contribution in [0.3, 0.4) is 0 Å². The van der Waals surface area contributed by atoms with Crippen LogP contribution in [0.15, 0.2) is 24.3 Å². The zero-order chi connectivity index (χ0) is 16.9. The standard InChI is InChI=1S/C17H23N3O2S/c1-5-14-15(23-20-19-14)16(21)18-10-11-22-13-8-6-12(7-9-13)17(2,3)4/h6-9H,5,10-11H2,1-4H3,(H,18,21). The first-order valence-electron chi connectivity index (χ1n) is 7.74. The highest BCUT2D eigenvalue weighted by atomic mass is 32.1. The van der Waals surface area contributed by atoms with Crippen LogP contribution >= 0.6 is 11.5 Å². The van der Waals surface area contributed by atoms with Crippen molar-refractivity contribution >= 4 is 17.4 Å². The van der Waals surface area contributed by atoms with Gasteiger partial charge in [-0.1, -0.05) is 44.3 Å². The van der Waals surface area contributed by atoms with Gasteiger partial charge in [0.05, 0.1) is 12.2 Å². The largest absolute Gasteiger partial charge is 0.492 e. The Hall–Kier alpha value is -1.95. The molecule has 0 bridgehead atoms. The lowest BCUT2D eigenvalue weighted by atomic mass is 9.87. The van der Waals surface area contributed by atoms with E-state index < -0.39 is 0 Å². The van der Waals surface area contributed by atoms with Crippen molar-refractivity contribution in [2.45, 2.75) is 39.5 Å². The number of ether oxygens (including phenoxy) is 1. The number of nitrogens with zero attached hydrogens (tertiary/aromatic N) is 2. The molecule has 0 unspecified atom stereocenters. The molecule has 1 aromatic carbocycles. The Morgan fingerprint density at radius 2 is 1.96 bits per heavy atom. The zero-order valence-electron chi connectivity index (χ0n) is 14.0. The van der Waals surface area contributed by atoms with E-state index in [-0.39, 0.29) is 11.3 Å². The first kappa shape index (κ1) is 17.4. The smallest absolute Gasteiger partial charge is 0.265 e. The van der Waals surface area contributed by atoms with Gasteiger partial charge in [0.25, 0.3) is 5.91 Å². The lowest BCUT2D eigenvalue weighted by molar-refractivity contribution is 0.0950. The minimum absolute atomic E-state index is 0.131. The summed E-state index contributed by atoms with van der Waals surface area (Å²) in [5, 5.41) is 6.77. The Morgan fingerprint density at radius 3 is 2.57 bits per heavy atom. The number of carbonyl (C=O) groups is 1. The summed E-state index contributed by atoms with van der Waals surface area (Å²) in [6, 6.07) is 8.07. The molecule has 0 saturated heterocycles. The van der Waals surface area contributed by atoms with Gasteiger partial charge in [0, 0.05) is 0 Å². The van der Waals surface area contributed by atoms with Gasteiger partial charge in [0.2, 0.25) is 0 Å². The summed E-state index contributed by atoms with van der Waals surface area (Å²) in [5.74, 6) is 0.671. The van der Waals surface area contributed by atoms with Crippen molar-refractivity contribution in [2.75, 3.05) is 13.2 Å². The van der Waals surface area contributed by atoms with Crippen molar-refractivity contribution in [3.05, 3.63) is 40.4 Å². The average Bonchev–Trinajstić information content (AvgIpc) is 2.99. The third-order valence-corrected chi connectivity index (χ3v) is 4.24. The summed E-state index contributed by atoms with van der Waals surface area (Å²) in [4.78, 5) is 12.6. The van der Waals surface area contributed by atoms with E-state index in [9.17, 15) is 4.79 Å². The number of carbonyl (C=O) groups excluding carboxylic acids is 1. The van der Waals surface area contributed by atoms with Gasteiger partial charge < -0.3 is 10.1 Å². The molecule has 0 atom stereocenters. The third kappa shape index (κ3) is 4.76. The number of hydrogen-bond donors (Lipinski definition) is 1. The van der Waals surface area contributed by atoms with E-state index in [1.165, 1.54) is 5.56 Å². The second-order valence-corrected chi connectivity index (χ2v) is 7.04. The molecule has 1 N–H and O–H groups in total. The monoisotopic (exact) mass is 333 g/mol. The lowest BCUT2D eigenvalue weighted by Gasteiger charge is -2.19. The summed E-state index contributed by atoms with van der Waals surface area (Å²) >= 11 is 1.13. The molecule has 0 radical (unpaired) electrons. The van der Waals surface area contributed by atoms with E-state index in [2.05, 4.69) is 47.8 Å². The van der Waals surface area contributed by atoms with Crippen molar-refractivity contribution in [1.29, 1.82) is 0 Å². The van der Waals surface area contributed by atoms with E-state index >= 15 is 0 Å². The molecule has 0 fully saturated rings. The fourth-order valence-corrected chi connectivity index (χ4v) is 2.74. The SMILES string of the molecule is CCc1nnsc1C(=O)NCCOc1ccc(C(C)(C)C)cc1. The summed E-state index contributed by atoms with van der Waals surface area (Å²) in [7, 11) is 0. The summed E-state index contributed by atoms with van der Waals surface area (Å²) in [5.41, 5.74) is 2.14. The van der Waals surface area contributed by atoms with Gasteiger partial charge in [-0.2, -0.15) is 0 Å². The first-order valence-corrected chi connectivity index (χ1v) is 8.52. The zero-order valence-corrected chi connectivity index (χ0v) is 14.9. The molecule has 6 heteroatoms. The first-order chi connectivity index (χ1) is 10.9. The molecule has 2 aromatic rings. The van der Waals surface area contributed by atoms with Crippen LogP contribution < -0.4 is 10.1 Å². The molecule has 0 spiro atoms. The van der Waals surface area contributed by atoms with Crippen LogP contribution in [0, 0.1) is 0 Å². The van der Waals surface area contributed by atoms with Crippen LogP contribution in [-0.2, 0) is 11.8 Å². The Morgan fingerprint density at radius 1 is 1.26 bits per heavy atom. The highest BCUT2D eigenvalue weighted by Crippen LogP contribution is 2.24. The van der Waals surface area contributed by atoms with Crippen LogP contribution in [0.2, 0.25) is 0 Å². The van der Waals surface area contributed by atoms with Crippen molar-refractivity contribution in [1.82, 2.24) is 14.9 Å². The predicted molar refractivity (Wildman–Crippen MR) is 92.3 cm³/mol. The molecule has 124 valence electrons. The average molecular weight is 333 g/mol. The van der Waals surface area contributed by atoms with E-state index in [0.717, 1.165) is 23.0 Å². The number of amides is 1. The minimum Gasteiger partial charge on any atom is -0.492 e. The van der Waals surface area contributed by atoms with Gasteiger partial charge in [0.1, 0.15) is 17.2 Å². The number of nitrogens with one attached hydrogen (secondary N) is 1. The summed E-state index contributed by atoms with van der Waals surface area (Å²) < 4.78 is 9.47. The van der Waals surface area contributed by atoms with E-state index in [1.807, 2.05) is 19.1 Å². The number of benzene rings is 1. The fraction of sp³-hybridized carbons (Fsp3) is 0.471. The maximum absolute atomic E-state index is 12.0. The topological polar surface area (TPSA) is 64.1 Å². The van der Waals surface area contributed by atoms with Gasteiger partial charge >= 0.3 is 0 Å². The molecular formula is C17H23N3O2S. The van der Waals surface area contributed by atoms with Crippen LogP contribution in [0.1, 0.15) is 48.6 Å². The maximum atomic E-state index is 12.0. The molecule has 0 saturated carbocycles. The maximum Gasteiger partial charge on any atom is 0.265 e. The van der Waals surface area contributed by atoms with Crippen LogP contribution in [0.5, 0.6) is 5.75 Å². The Labute approximate surface area is 141 Å². The Kier molecular flexibility index (Phi) is 5.71. The summed E-state index contributed by atoms with van der Waals surface area (Å²) in [6.45, 7) is 9.36. The van der Waals surface area contributed by atoms with Crippen LogP contribution in [0.4, 0.5) is 0 Å². The number of rotatable bonds is 6. The second kappa shape index (κ2) is 7.55. The van der Waals surface area contributed by atoms with Crippen molar-refractivity contribution in [2.24, 2.45) is 0 Å². The minimum atomic E-state index is -0.136. The Bertz CT molecular complexity index is 645. The third-order valence-electron chi connectivity index (χ3n) is 3.47. The Balaban J connectivity index is 1.78. The van der Waals surface area contributed by atoms with Gasteiger partial charge in [-0.3, -0.25) is 4.79 Å². The van der Waals surface area contributed by atoms with Crippen LogP contribution in [-0.4, -0.2) is 28.6 Å². The number of hydrogen-bond acceptors (Lipinski definition) is 5. The number of aryl methyl sites for hydroxylation is 1. The van der Waals surface area contributed by atoms with Gasteiger partial charge in [-0.25, -0.2) is 0 Å². The summed E-state index contributed by atoms with van der Waals surface area (Å²) in [6.07, 6.45) is 0.704. The van der Waals surface area contributed by atoms with Gasteiger partial charge in [0.15, 0.2) is 0 Å². The highest BCUT2D eigenvalue weighted by molar-refractivity contribution is 7.08. The molecule has 0 aliphatic heterocycles. The van der Waals surface area contributed by atoms with Gasteiger partial charge in [-0.15, -0.1) is 5.10 Å². The molecule has 0 aliphatic rings. The van der Waals surface area contributed by atoms with Crippen molar-refractivity contribution < 1.29 is 9.53 Å². The van der Waals surface area contributed by atoms with Crippen molar-refractivity contribution in [3.8, 4) is 5.75 Å². The predicted octanol–water partition coefficient (Wildman–Crippen LogP) is 3.21. The van der Waals surface area contributed by atoms with E-state index in [0.29, 0.717) is 24.4 Å². The lowest BCUT2D eigenvalue weighted by Crippen LogP contribution is -2.28. The molecule has 1 amide bonds. The molecule has 2 rings (SSSR count).